The van der Waals surface area contributed by atoms with Gasteiger partial charge in [0.1, 0.15) is 11.0 Å². The van der Waals surface area contributed by atoms with E-state index >= 15 is 0 Å². The number of hydrogen-bond acceptors (Lipinski definition) is 6. The normalized spacial score (nSPS) is 11.8. The van der Waals surface area contributed by atoms with E-state index in [9.17, 15) is 8.42 Å². The topological polar surface area (TPSA) is 88.3 Å². The van der Waals surface area contributed by atoms with Crippen LogP contribution in [0.4, 0.5) is 11.4 Å². The van der Waals surface area contributed by atoms with E-state index in [2.05, 4.69) is 19.7 Å². The largest absolute Gasteiger partial charge is 0.377 e. The van der Waals surface area contributed by atoms with Crippen LogP contribution in [0.2, 0.25) is 0 Å². The molecule has 26 heavy (non-hydrogen) atoms. The lowest BCUT2D eigenvalue weighted by atomic mass is 10.1. The van der Waals surface area contributed by atoms with Gasteiger partial charge in [0.05, 0.1) is 10.6 Å². The number of anilines is 2. The van der Waals surface area contributed by atoms with E-state index in [0.717, 1.165) is 11.1 Å². The Kier molecular flexibility index (Phi) is 3.77. The number of hydrogen-bond donors (Lipinski definition) is 1. The summed E-state index contributed by atoms with van der Waals surface area (Å²) in [6.45, 7) is 0. The quantitative estimate of drug-likeness (QED) is 0.595. The van der Waals surface area contributed by atoms with Gasteiger partial charge in [0.2, 0.25) is 0 Å². The Hall–Kier alpha value is -3.13. The molecule has 4 aromatic rings. The number of nitrogens with zero attached hydrogens (tertiary/aromatic N) is 3. The smallest absolute Gasteiger partial charge is 0.262 e. The van der Waals surface area contributed by atoms with E-state index < -0.39 is 10.0 Å². The molecule has 7 nitrogen and oxygen atoms in total. The van der Waals surface area contributed by atoms with Crippen LogP contribution in [-0.4, -0.2) is 32.8 Å². The molecule has 0 bridgehead atoms. The first kappa shape index (κ1) is 16.3. The van der Waals surface area contributed by atoms with Crippen molar-refractivity contribution in [2.45, 2.75) is 4.90 Å². The number of nitrogens with one attached hydrogen (secondary N) is 1. The molecule has 0 saturated carbocycles. The van der Waals surface area contributed by atoms with Gasteiger partial charge in [-0.3, -0.25) is 4.72 Å². The zero-order valence-electron chi connectivity index (χ0n) is 14.2. The van der Waals surface area contributed by atoms with E-state index in [1.165, 1.54) is 0 Å². The fourth-order valence-corrected chi connectivity index (χ4v) is 4.22. The van der Waals surface area contributed by atoms with E-state index in [1.807, 2.05) is 43.3 Å². The molecular weight excluding hydrogens is 352 g/mol. The number of benzene rings is 3. The molecule has 0 aliphatic heterocycles. The highest BCUT2D eigenvalue weighted by molar-refractivity contribution is 7.93. The van der Waals surface area contributed by atoms with Crippen LogP contribution in [0.1, 0.15) is 0 Å². The Bertz CT molecular complexity index is 1220. The molecule has 1 N–H and O–H groups in total. The number of fused-ring (bicyclic) bond motifs is 2. The van der Waals surface area contributed by atoms with Gasteiger partial charge in [-0.1, -0.05) is 24.3 Å². The third-order valence-electron chi connectivity index (χ3n) is 4.14. The van der Waals surface area contributed by atoms with Gasteiger partial charge in [0.15, 0.2) is 0 Å². The van der Waals surface area contributed by atoms with E-state index in [4.69, 9.17) is 0 Å². The third-order valence-corrected chi connectivity index (χ3v) is 5.58. The lowest BCUT2D eigenvalue weighted by molar-refractivity contribution is 0.315. The molecule has 1 aromatic heterocycles. The maximum absolute atomic E-state index is 13.0. The second-order valence-corrected chi connectivity index (χ2v) is 7.75. The molecule has 0 aliphatic rings. The van der Waals surface area contributed by atoms with Crippen molar-refractivity contribution in [2.75, 3.05) is 23.7 Å². The van der Waals surface area contributed by atoms with Crippen LogP contribution >= 0.6 is 0 Å². The molecule has 3 aromatic carbocycles. The monoisotopic (exact) mass is 368 g/mol. The van der Waals surface area contributed by atoms with Crippen LogP contribution in [0, 0.1) is 0 Å². The Morgan fingerprint density at radius 2 is 1.65 bits per heavy atom. The van der Waals surface area contributed by atoms with E-state index in [0.29, 0.717) is 22.1 Å². The van der Waals surface area contributed by atoms with Crippen LogP contribution in [0.25, 0.3) is 21.8 Å². The minimum Gasteiger partial charge on any atom is -0.377 e. The molecule has 0 fully saturated rings. The van der Waals surface area contributed by atoms with Gasteiger partial charge in [-0.05, 0) is 40.6 Å². The molecule has 0 radical (unpaired) electrons. The summed E-state index contributed by atoms with van der Waals surface area (Å²) in [6, 6.07) is 15.7. The lowest BCUT2D eigenvalue weighted by Crippen LogP contribution is -2.14. The molecule has 1 heterocycles. The first-order valence-electron chi connectivity index (χ1n) is 7.90. The predicted octanol–water partition coefficient (Wildman–Crippen LogP) is 3.24. The Balaban J connectivity index is 1.81. The van der Waals surface area contributed by atoms with Crippen LogP contribution in [0.15, 0.2) is 64.1 Å². The Morgan fingerprint density at radius 3 is 2.46 bits per heavy atom. The molecule has 0 spiro atoms. The summed E-state index contributed by atoms with van der Waals surface area (Å²) in [5, 5.41) is 8.98. The highest BCUT2D eigenvalue weighted by Gasteiger charge is 2.19. The average molecular weight is 368 g/mol. The highest BCUT2D eigenvalue weighted by atomic mass is 32.2. The van der Waals surface area contributed by atoms with Crippen LogP contribution < -0.4 is 9.62 Å². The fourth-order valence-electron chi connectivity index (χ4n) is 2.94. The number of aromatic nitrogens is 2. The van der Waals surface area contributed by atoms with Gasteiger partial charge in [-0.25, -0.2) is 13.0 Å². The van der Waals surface area contributed by atoms with Crippen LogP contribution in [0.5, 0.6) is 0 Å². The summed E-state index contributed by atoms with van der Waals surface area (Å²) in [7, 11) is 0.0705. The fraction of sp³-hybridized carbons (Fsp3) is 0.111. The zero-order chi connectivity index (χ0) is 18.3. The van der Waals surface area contributed by atoms with Crippen molar-refractivity contribution in [2.24, 2.45) is 0 Å². The van der Waals surface area contributed by atoms with Crippen molar-refractivity contribution in [1.29, 1.82) is 0 Å². The molecule has 0 atom stereocenters. The SMILES string of the molecule is CN(C)c1cccc2c(S(=O)(=O)Nc3ccc4nonc4c3)cccc12. The zero-order valence-corrected chi connectivity index (χ0v) is 15.0. The summed E-state index contributed by atoms with van der Waals surface area (Å²) in [5.74, 6) is 0. The van der Waals surface area contributed by atoms with Gasteiger partial charge in [-0.15, -0.1) is 0 Å². The van der Waals surface area contributed by atoms with E-state index in [-0.39, 0.29) is 4.90 Å². The Labute approximate surface area is 150 Å². The van der Waals surface area contributed by atoms with Crippen molar-refractivity contribution < 1.29 is 13.0 Å². The van der Waals surface area contributed by atoms with Gasteiger partial charge in [-0.2, -0.15) is 0 Å². The lowest BCUT2D eigenvalue weighted by Gasteiger charge is -2.17. The first-order valence-corrected chi connectivity index (χ1v) is 9.38. The van der Waals surface area contributed by atoms with Crippen molar-refractivity contribution in [3.8, 4) is 0 Å². The summed E-state index contributed by atoms with van der Waals surface area (Å²) < 4.78 is 33.2. The van der Waals surface area contributed by atoms with Gasteiger partial charge in [0.25, 0.3) is 10.0 Å². The summed E-state index contributed by atoms with van der Waals surface area (Å²) >= 11 is 0. The number of rotatable bonds is 4. The summed E-state index contributed by atoms with van der Waals surface area (Å²) in [5.41, 5.74) is 2.40. The van der Waals surface area contributed by atoms with Crippen molar-refractivity contribution in [1.82, 2.24) is 10.3 Å². The van der Waals surface area contributed by atoms with Gasteiger partial charge in [0, 0.05) is 30.6 Å². The minimum absolute atomic E-state index is 0.220. The van der Waals surface area contributed by atoms with Crippen LogP contribution in [0.3, 0.4) is 0 Å². The molecule has 132 valence electrons. The van der Waals surface area contributed by atoms with Crippen LogP contribution in [-0.2, 0) is 10.0 Å². The molecular formula is C18H16N4O3S. The molecule has 0 amide bonds. The van der Waals surface area contributed by atoms with E-state index in [1.54, 1.807) is 30.3 Å². The molecule has 8 heteroatoms. The van der Waals surface area contributed by atoms with Gasteiger partial charge >= 0.3 is 0 Å². The van der Waals surface area contributed by atoms with Crippen molar-refractivity contribution in [3.05, 3.63) is 54.6 Å². The second kappa shape index (κ2) is 5.99. The third kappa shape index (κ3) is 2.74. The molecule has 0 unspecified atom stereocenters. The number of sulfonamides is 1. The first-order chi connectivity index (χ1) is 12.5. The second-order valence-electron chi connectivity index (χ2n) is 6.10. The summed E-state index contributed by atoms with van der Waals surface area (Å²) in [4.78, 5) is 2.18. The van der Waals surface area contributed by atoms with Crippen molar-refractivity contribution in [3.63, 3.8) is 0 Å². The maximum atomic E-state index is 13.0. The molecule has 0 saturated heterocycles. The predicted molar refractivity (Wildman–Crippen MR) is 101 cm³/mol. The van der Waals surface area contributed by atoms with Gasteiger partial charge < -0.3 is 4.90 Å². The minimum atomic E-state index is -3.78. The average Bonchev–Trinajstić information content (AvgIpc) is 3.08. The van der Waals surface area contributed by atoms with Crippen molar-refractivity contribution >= 4 is 43.2 Å². The highest BCUT2D eigenvalue weighted by Crippen LogP contribution is 2.31. The molecule has 0 aliphatic carbocycles. The maximum Gasteiger partial charge on any atom is 0.262 e. The molecule has 4 rings (SSSR count). The standard InChI is InChI=1S/C18H16N4O3S/c1-22(2)17-7-3-6-14-13(17)5-4-8-18(14)26(23,24)21-12-9-10-15-16(11-12)20-25-19-15/h3-11,21H,1-2H3. The Morgan fingerprint density at radius 1 is 0.923 bits per heavy atom. The summed E-state index contributed by atoms with van der Waals surface area (Å²) in [6.07, 6.45) is 0.